The van der Waals surface area contributed by atoms with E-state index >= 15 is 0 Å². The summed E-state index contributed by atoms with van der Waals surface area (Å²) in [7, 11) is 0. The number of nitrogens with zero attached hydrogens (tertiary/aromatic N) is 2. The molecule has 98 valence electrons. The van der Waals surface area contributed by atoms with E-state index in [1.807, 2.05) is 0 Å². The Labute approximate surface area is 110 Å². The molecule has 2 N–H and O–H groups in total. The van der Waals surface area contributed by atoms with Crippen molar-refractivity contribution in [3.05, 3.63) is 36.2 Å². The number of rotatable bonds is 3. The van der Waals surface area contributed by atoms with E-state index in [1.165, 1.54) is 0 Å². The van der Waals surface area contributed by atoms with Gasteiger partial charge in [0.15, 0.2) is 0 Å². The average molecular weight is 257 g/mol. The summed E-state index contributed by atoms with van der Waals surface area (Å²) in [6, 6.07) is 5.24. The quantitative estimate of drug-likeness (QED) is 0.868. The van der Waals surface area contributed by atoms with Crippen LogP contribution in [0.25, 0.3) is 11.0 Å². The van der Waals surface area contributed by atoms with Crippen molar-refractivity contribution in [2.75, 3.05) is 6.61 Å². The lowest BCUT2D eigenvalue weighted by atomic mass is 9.77. The lowest BCUT2D eigenvalue weighted by molar-refractivity contribution is 0.0642. The lowest BCUT2D eigenvalue weighted by Crippen LogP contribution is -2.56. The first kappa shape index (κ1) is 12.0. The second kappa shape index (κ2) is 4.59. The summed E-state index contributed by atoms with van der Waals surface area (Å²) in [6.07, 6.45) is 5.94. The summed E-state index contributed by atoms with van der Waals surface area (Å²) >= 11 is 0. The summed E-state index contributed by atoms with van der Waals surface area (Å²) in [5.74, 6) is -0.165. The molecule has 19 heavy (non-hydrogen) atoms. The highest BCUT2D eigenvalue weighted by molar-refractivity contribution is 5.97. The number of aromatic nitrogens is 2. The highest BCUT2D eigenvalue weighted by atomic mass is 16.3. The summed E-state index contributed by atoms with van der Waals surface area (Å²) < 4.78 is 0. The van der Waals surface area contributed by atoms with Crippen molar-refractivity contribution in [1.82, 2.24) is 15.3 Å². The van der Waals surface area contributed by atoms with E-state index < -0.39 is 5.54 Å². The van der Waals surface area contributed by atoms with Gasteiger partial charge in [-0.05, 0) is 37.5 Å². The van der Waals surface area contributed by atoms with Crippen LogP contribution < -0.4 is 5.32 Å². The maximum absolute atomic E-state index is 12.2. The van der Waals surface area contributed by atoms with Crippen LogP contribution in [0, 0.1) is 0 Å². The van der Waals surface area contributed by atoms with Gasteiger partial charge in [-0.15, -0.1) is 0 Å². The Bertz CT molecular complexity index is 617. The lowest BCUT2D eigenvalue weighted by Gasteiger charge is -2.40. The maximum Gasteiger partial charge on any atom is 0.251 e. The molecule has 1 amide bonds. The second-order valence-corrected chi connectivity index (χ2v) is 5.01. The molecule has 1 heterocycles. The van der Waals surface area contributed by atoms with Gasteiger partial charge in [-0.2, -0.15) is 0 Å². The predicted molar refractivity (Wildman–Crippen MR) is 70.7 cm³/mol. The third-order valence-electron chi connectivity index (χ3n) is 3.72. The highest BCUT2D eigenvalue weighted by Gasteiger charge is 2.37. The Morgan fingerprint density at radius 2 is 2.00 bits per heavy atom. The van der Waals surface area contributed by atoms with E-state index in [9.17, 15) is 9.90 Å². The third-order valence-corrected chi connectivity index (χ3v) is 3.72. The summed E-state index contributed by atoms with van der Waals surface area (Å²) in [6.45, 7) is -0.00781. The predicted octanol–water partition coefficient (Wildman–Crippen LogP) is 1.27. The number of nitrogens with one attached hydrogen (secondary N) is 1. The summed E-state index contributed by atoms with van der Waals surface area (Å²) in [5, 5.41) is 12.3. The van der Waals surface area contributed by atoms with Crippen LogP contribution in [-0.4, -0.2) is 33.1 Å². The maximum atomic E-state index is 12.2. The van der Waals surface area contributed by atoms with Crippen LogP contribution in [0.3, 0.4) is 0 Å². The Kier molecular flexibility index (Phi) is 2.91. The molecule has 0 atom stereocenters. The molecule has 1 aliphatic rings. The van der Waals surface area contributed by atoms with Crippen molar-refractivity contribution in [3.63, 3.8) is 0 Å². The van der Waals surface area contributed by atoms with E-state index in [4.69, 9.17) is 0 Å². The Balaban J connectivity index is 1.85. The molecule has 1 saturated carbocycles. The van der Waals surface area contributed by atoms with Crippen molar-refractivity contribution in [2.45, 2.75) is 24.8 Å². The molecule has 5 heteroatoms. The molecule has 5 nitrogen and oxygen atoms in total. The van der Waals surface area contributed by atoms with Crippen LogP contribution in [0.4, 0.5) is 0 Å². The Morgan fingerprint density at radius 1 is 1.26 bits per heavy atom. The van der Waals surface area contributed by atoms with E-state index in [0.29, 0.717) is 11.1 Å². The van der Waals surface area contributed by atoms with Gasteiger partial charge in [-0.3, -0.25) is 14.8 Å². The van der Waals surface area contributed by atoms with E-state index in [-0.39, 0.29) is 12.5 Å². The number of hydrogen-bond acceptors (Lipinski definition) is 4. The van der Waals surface area contributed by atoms with Crippen molar-refractivity contribution < 1.29 is 9.90 Å². The topological polar surface area (TPSA) is 75.1 Å². The van der Waals surface area contributed by atoms with E-state index in [1.54, 1.807) is 30.6 Å². The van der Waals surface area contributed by atoms with Gasteiger partial charge < -0.3 is 10.4 Å². The fraction of sp³-hybridized carbons (Fsp3) is 0.357. The molecular formula is C14H15N3O2. The van der Waals surface area contributed by atoms with Crippen LogP contribution >= 0.6 is 0 Å². The largest absolute Gasteiger partial charge is 0.394 e. The number of fused-ring (bicyclic) bond motifs is 1. The zero-order valence-corrected chi connectivity index (χ0v) is 10.5. The number of amides is 1. The fourth-order valence-electron chi connectivity index (χ4n) is 2.34. The minimum absolute atomic E-state index is 0.00781. The van der Waals surface area contributed by atoms with Gasteiger partial charge in [0.25, 0.3) is 5.91 Å². The van der Waals surface area contributed by atoms with Crippen molar-refractivity contribution >= 4 is 16.9 Å². The molecule has 2 aromatic rings. The number of aliphatic hydroxyl groups excluding tert-OH is 1. The molecule has 1 aliphatic carbocycles. The molecule has 0 unspecified atom stereocenters. The zero-order valence-electron chi connectivity index (χ0n) is 10.5. The van der Waals surface area contributed by atoms with Gasteiger partial charge in [-0.25, -0.2) is 0 Å². The van der Waals surface area contributed by atoms with Gasteiger partial charge in [-0.1, -0.05) is 0 Å². The Hall–Kier alpha value is -2.01. The smallest absolute Gasteiger partial charge is 0.251 e. The first-order chi connectivity index (χ1) is 9.22. The van der Waals surface area contributed by atoms with Crippen LogP contribution in [-0.2, 0) is 0 Å². The van der Waals surface area contributed by atoms with E-state index in [0.717, 1.165) is 24.8 Å². The monoisotopic (exact) mass is 257 g/mol. The number of benzene rings is 1. The first-order valence-electron chi connectivity index (χ1n) is 6.37. The SMILES string of the molecule is O=C(NC1(CO)CCC1)c1ccc2nccnc2c1. The van der Waals surface area contributed by atoms with E-state index in [2.05, 4.69) is 15.3 Å². The van der Waals surface area contributed by atoms with Crippen LogP contribution in [0.15, 0.2) is 30.6 Å². The average Bonchev–Trinajstić information content (AvgIpc) is 2.42. The number of aliphatic hydroxyl groups is 1. The van der Waals surface area contributed by atoms with Crippen molar-refractivity contribution in [3.8, 4) is 0 Å². The molecule has 0 aliphatic heterocycles. The van der Waals surface area contributed by atoms with Gasteiger partial charge in [0.2, 0.25) is 0 Å². The minimum atomic E-state index is -0.422. The normalized spacial score (nSPS) is 16.9. The van der Waals surface area contributed by atoms with Gasteiger partial charge >= 0.3 is 0 Å². The van der Waals surface area contributed by atoms with Crippen molar-refractivity contribution in [2.24, 2.45) is 0 Å². The number of carbonyl (C=O) groups excluding carboxylic acids is 1. The minimum Gasteiger partial charge on any atom is -0.394 e. The zero-order chi connectivity index (χ0) is 13.3. The summed E-state index contributed by atoms with van der Waals surface area (Å²) in [5.41, 5.74) is 1.59. The van der Waals surface area contributed by atoms with Gasteiger partial charge in [0, 0.05) is 18.0 Å². The molecule has 0 bridgehead atoms. The van der Waals surface area contributed by atoms with Crippen LogP contribution in [0.5, 0.6) is 0 Å². The van der Waals surface area contributed by atoms with Crippen molar-refractivity contribution in [1.29, 1.82) is 0 Å². The molecule has 3 rings (SSSR count). The van der Waals surface area contributed by atoms with Gasteiger partial charge in [0.05, 0.1) is 23.2 Å². The number of carbonyl (C=O) groups is 1. The summed E-state index contributed by atoms with van der Waals surface area (Å²) in [4.78, 5) is 20.5. The molecule has 1 fully saturated rings. The molecule has 1 aromatic carbocycles. The highest BCUT2D eigenvalue weighted by Crippen LogP contribution is 2.31. The fourth-order valence-corrected chi connectivity index (χ4v) is 2.34. The third kappa shape index (κ3) is 2.17. The molecular weight excluding hydrogens is 242 g/mol. The van der Waals surface area contributed by atoms with Crippen LogP contribution in [0.1, 0.15) is 29.6 Å². The molecule has 0 spiro atoms. The first-order valence-corrected chi connectivity index (χ1v) is 6.37. The number of hydrogen-bond donors (Lipinski definition) is 2. The second-order valence-electron chi connectivity index (χ2n) is 5.01. The standard InChI is InChI=1S/C14H15N3O2/c18-9-14(4-1-5-14)17-13(19)10-2-3-11-12(8-10)16-7-6-15-11/h2-3,6-8,18H,1,4-5,9H2,(H,17,19). The molecule has 0 saturated heterocycles. The van der Waals surface area contributed by atoms with Gasteiger partial charge in [0.1, 0.15) is 0 Å². The molecule has 1 aromatic heterocycles. The molecule has 0 radical (unpaired) electrons. The van der Waals surface area contributed by atoms with Crippen LogP contribution in [0.2, 0.25) is 0 Å². The Morgan fingerprint density at radius 3 is 2.63 bits per heavy atom.